The lowest BCUT2D eigenvalue weighted by atomic mass is 10.0. The maximum Gasteiger partial charge on any atom is 0.328 e. The minimum absolute atomic E-state index is 0.141. The van der Waals surface area contributed by atoms with Crippen molar-refractivity contribution in [2.45, 2.75) is 33.1 Å². The molecule has 1 aliphatic heterocycles. The molecule has 4 heteroatoms. The highest BCUT2D eigenvalue weighted by Crippen LogP contribution is 2.18. The zero-order valence-corrected chi connectivity index (χ0v) is 9.90. The highest BCUT2D eigenvalue weighted by atomic mass is 16.4. The van der Waals surface area contributed by atoms with Gasteiger partial charge in [-0.15, -0.1) is 0 Å². The van der Waals surface area contributed by atoms with Crippen LogP contribution in [0.25, 0.3) is 0 Å². The Balaban J connectivity index is 2.58. The van der Waals surface area contributed by atoms with Crippen molar-refractivity contribution in [1.29, 1.82) is 0 Å². The van der Waals surface area contributed by atoms with Crippen molar-refractivity contribution in [3.8, 4) is 0 Å². The summed E-state index contributed by atoms with van der Waals surface area (Å²) in [5, 5.41) is 8.60. The molecule has 1 unspecified atom stereocenters. The van der Waals surface area contributed by atoms with Crippen LogP contribution in [0.1, 0.15) is 33.1 Å². The van der Waals surface area contributed by atoms with Crippen LogP contribution in [-0.4, -0.2) is 35.0 Å². The molecular formula is C12H19NO3. The molecule has 0 spiro atoms. The van der Waals surface area contributed by atoms with Gasteiger partial charge in [0.15, 0.2) is 0 Å². The largest absolute Gasteiger partial charge is 0.478 e. The van der Waals surface area contributed by atoms with Gasteiger partial charge >= 0.3 is 5.97 Å². The van der Waals surface area contributed by atoms with Crippen LogP contribution in [0.2, 0.25) is 0 Å². The van der Waals surface area contributed by atoms with Crippen LogP contribution in [-0.2, 0) is 9.59 Å². The standard InChI is InChI=1S/C12H19NO3/c1-9-3-4-11(14)13(6-5-9)8-10(2)7-12(15)16/h7,9H,3-6,8H2,1-2H3,(H,15,16). The van der Waals surface area contributed by atoms with Gasteiger partial charge in [0, 0.05) is 25.6 Å². The summed E-state index contributed by atoms with van der Waals surface area (Å²) >= 11 is 0. The van der Waals surface area contributed by atoms with Crippen LogP contribution < -0.4 is 0 Å². The molecule has 1 heterocycles. The number of nitrogens with zero attached hydrogens (tertiary/aromatic N) is 1. The van der Waals surface area contributed by atoms with Crippen LogP contribution in [0.5, 0.6) is 0 Å². The number of carbonyl (C=O) groups excluding carboxylic acids is 1. The minimum Gasteiger partial charge on any atom is -0.478 e. The van der Waals surface area contributed by atoms with Crippen molar-refractivity contribution in [2.24, 2.45) is 5.92 Å². The zero-order chi connectivity index (χ0) is 12.1. The van der Waals surface area contributed by atoms with Gasteiger partial charge in [0.2, 0.25) is 5.91 Å². The first-order valence-corrected chi connectivity index (χ1v) is 5.67. The Morgan fingerprint density at radius 2 is 2.25 bits per heavy atom. The quantitative estimate of drug-likeness (QED) is 0.743. The minimum atomic E-state index is -0.951. The monoisotopic (exact) mass is 225 g/mol. The van der Waals surface area contributed by atoms with Crippen LogP contribution in [0.4, 0.5) is 0 Å². The second-order valence-corrected chi connectivity index (χ2v) is 4.58. The molecule has 90 valence electrons. The number of carboxylic acid groups (broad SMARTS) is 1. The van der Waals surface area contributed by atoms with E-state index < -0.39 is 5.97 Å². The van der Waals surface area contributed by atoms with E-state index in [0.717, 1.165) is 25.0 Å². The topological polar surface area (TPSA) is 57.6 Å². The van der Waals surface area contributed by atoms with Crippen molar-refractivity contribution in [3.63, 3.8) is 0 Å². The van der Waals surface area contributed by atoms with Crippen LogP contribution in [0, 0.1) is 5.92 Å². The Bertz CT molecular complexity index is 309. The molecule has 4 nitrogen and oxygen atoms in total. The summed E-state index contributed by atoms with van der Waals surface area (Å²) in [7, 11) is 0. The summed E-state index contributed by atoms with van der Waals surface area (Å²) in [5.74, 6) is -0.228. The van der Waals surface area contributed by atoms with E-state index in [9.17, 15) is 9.59 Å². The average Bonchev–Trinajstić information content (AvgIpc) is 2.32. The van der Waals surface area contributed by atoms with Gasteiger partial charge < -0.3 is 10.0 Å². The van der Waals surface area contributed by atoms with Gasteiger partial charge in [0.1, 0.15) is 0 Å². The summed E-state index contributed by atoms with van der Waals surface area (Å²) in [5.41, 5.74) is 0.718. The first kappa shape index (κ1) is 12.7. The Morgan fingerprint density at radius 1 is 1.56 bits per heavy atom. The number of aliphatic carboxylic acids is 1. The van der Waals surface area contributed by atoms with Crippen molar-refractivity contribution in [3.05, 3.63) is 11.6 Å². The van der Waals surface area contributed by atoms with E-state index >= 15 is 0 Å². The second kappa shape index (κ2) is 5.68. The lowest BCUT2D eigenvalue weighted by Crippen LogP contribution is -2.32. The van der Waals surface area contributed by atoms with Crippen LogP contribution >= 0.6 is 0 Å². The van der Waals surface area contributed by atoms with E-state index in [-0.39, 0.29) is 5.91 Å². The third kappa shape index (κ3) is 4.04. The van der Waals surface area contributed by atoms with E-state index in [0.29, 0.717) is 18.9 Å². The highest BCUT2D eigenvalue weighted by molar-refractivity contribution is 5.81. The third-order valence-corrected chi connectivity index (χ3v) is 2.91. The van der Waals surface area contributed by atoms with Crippen molar-refractivity contribution in [2.75, 3.05) is 13.1 Å². The number of hydrogen-bond acceptors (Lipinski definition) is 2. The molecule has 1 fully saturated rings. The number of rotatable bonds is 3. The molecule has 0 bridgehead atoms. The van der Waals surface area contributed by atoms with Gasteiger partial charge in [-0.05, 0) is 31.3 Å². The molecule has 1 aliphatic rings. The first-order valence-electron chi connectivity index (χ1n) is 5.67. The van der Waals surface area contributed by atoms with E-state index in [2.05, 4.69) is 6.92 Å². The first-order chi connectivity index (χ1) is 7.49. The predicted molar refractivity (Wildman–Crippen MR) is 61.0 cm³/mol. The summed E-state index contributed by atoms with van der Waals surface area (Å²) in [4.78, 5) is 24.0. The zero-order valence-electron chi connectivity index (χ0n) is 9.90. The maximum atomic E-state index is 11.7. The molecule has 1 rings (SSSR count). The van der Waals surface area contributed by atoms with Crippen molar-refractivity contribution < 1.29 is 14.7 Å². The highest BCUT2D eigenvalue weighted by Gasteiger charge is 2.20. The van der Waals surface area contributed by atoms with Crippen LogP contribution in [0.15, 0.2) is 11.6 Å². The molecule has 0 saturated carbocycles. The van der Waals surface area contributed by atoms with E-state index in [1.807, 2.05) is 0 Å². The van der Waals surface area contributed by atoms with Gasteiger partial charge in [0.25, 0.3) is 0 Å². The molecule has 1 saturated heterocycles. The predicted octanol–water partition coefficient (Wildman–Crippen LogP) is 1.67. The number of carbonyl (C=O) groups is 2. The van der Waals surface area contributed by atoms with Gasteiger partial charge in [-0.1, -0.05) is 6.92 Å². The summed E-state index contributed by atoms with van der Waals surface area (Å²) in [6, 6.07) is 0. The van der Waals surface area contributed by atoms with Gasteiger partial charge in [-0.3, -0.25) is 4.79 Å². The smallest absolute Gasteiger partial charge is 0.328 e. The fourth-order valence-electron chi connectivity index (χ4n) is 1.90. The molecule has 1 atom stereocenters. The maximum absolute atomic E-state index is 11.7. The Kier molecular flexibility index (Phi) is 4.52. The molecule has 16 heavy (non-hydrogen) atoms. The summed E-state index contributed by atoms with van der Waals surface area (Å²) in [6.07, 6.45) is 3.70. The van der Waals surface area contributed by atoms with E-state index in [1.54, 1.807) is 11.8 Å². The Hall–Kier alpha value is -1.32. The number of amides is 1. The van der Waals surface area contributed by atoms with E-state index in [1.165, 1.54) is 6.08 Å². The molecule has 0 aliphatic carbocycles. The lowest BCUT2D eigenvalue weighted by Gasteiger charge is -2.20. The summed E-state index contributed by atoms with van der Waals surface area (Å²) < 4.78 is 0. The van der Waals surface area contributed by atoms with Gasteiger partial charge in [-0.25, -0.2) is 4.79 Å². The second-order valence-electron chi connectivity index (χ2n) is 4.58. The van der Waals surface area contributed by atoms with Crippen molar-refractivity contribution >= 4 is 11.9 Å². The fourth-order valence-corrected chi connectivity index (χ4v) is 1.90. The number of likely N-dealkylation sites (tertiary alicyclic amines) is 1. The van der Waals surface area contributed by atoms with Gasteiger partial charge in [0.05, 0.1) is 0 Å². The average molecular weight is 225 g/mol. The molecule has 1 amide bonds. The Morgan fingerprint density at radius 3 is 2.88 bits per heavy atom. The fraction of sp³-hybridized carbons (Fsp3) is 0.667. The normalized spacial score (nSPS) is 23.1. The molecule has 0 aromatic carbocycles. The molecule has 1 N–H and O–H groups in total. The van der Waals surface area contributed by atoms with E-state index in [4.69, 9.17) is 5.11 Å². The summed E-state index contributed by atoms with van der Waals surface area (Å²) in [6.45, 7) is 5.08. The third-order valence-electron chi connectivity index (χ3n) is 2.91. The lowest BCUT2D eigenvalue weighted by molar-refractivity contribution is -0.132. The molecule has 0 aromatic rings. The molecule has 0 aromatic heterocycles. The van der Waals surface area contributed by atoms with Gasteiger partial charge in [-0.2, -0.15) is 0 Å². The Labute approximate surface area is 95.9 Å². The number of hydrogen-bond donors (Lipinski definition) is 1. The molecule has 0 radical (unpaired) electrons. The number of carboxylic acids is 1. The SMILES string of the molecule is CC(=CC(=O)O)CN1CCC(C)CCC1=O. The van der Waals surface area contributed by atoms with Crippen molar-refractivity contribution in [1.82, 2.24) is 4.90 Å². The van der Waals surface area contributed by atoms with Crippen LogP contribution in [0.3, 0.4) is 0 Å². The molecular weight excluding hydrogens is 206 g/mol.